The van der Waals surface area contributed by atoms with Crippen molar-refractivity contribution in [2.24, 2.45) is 0 Å². The van der Waals surface area contributed by atoms with Crippen LogP contribution in [0, 0.1) is 13.1 Å². The van der Waals surface area contributed by atoms with Crippen LogP contribution in [0.5, 0.6) is 0 Å². The van der Waals surface area contributed by atoms with Crippen molar-refractivity contribution < 1.29 is 4.42 Å². The van der Waals surface area contributed by atoms with Gasteiger partial charge in [-0.3, -0.25) is 0 Å². The van der Waals surface area contributed by atoms with Crippen LogP contribution in [-0.4, -0.2) is 4.57 Å². The minimum Gasteiger partial charge on any atom is -0.455 e. The second-order valence-electron chi connectivity index (χ2n) is 10.4. The Morgan fingerprint density at radius 2 is 1.24 bits per heavy atom. The first kappa shape index (κ1) is 23.8. The maximum atomic E-state index is 7.89. The van der Waals surface area contributed by atoms with Crippen LogP contribution in [0.15, 0.2) is 132 Å². The minimum absolute atomic E-state index is 0.566. The van der Waals surface area contributed by atoms with Crippen molar-refractivity contribution in [1.29, 1.82) is 0 Å². The van der Waals surface area contributed by atoms with Crippen molar-refractivity contribution in [2.75, 3.05) is 0 Å². The van der Waals surface area contributed by atoms with Gasteiger partial charge in [0.15, 0.2) is 11.4 Å². The lowest BCUT2D eigenvalue weighted by molar-refractivity contribution is 0.670. The van der Waals surface area contributed by atoms with Crippen molar-refractivity contribution in [1.82, 2.24) is 4.57 Å². The van der Waals surface area contributed by atoms with E-state index in [1.165, 1.54) is 0 Å². The number of hydrogen-bond acceptors (Lipinski definition) is 1. The van der Waals surface area contributed by atoms with Crippen LogP contribution >= 0.6 is 0 Å². The second-order valence-corrected chi connectivity index (χ2v) is 10.4. The highest BCUT2D eigenvalue weighted by Crippen LogP contribution is 2.39. The van der Waals surface area contributed by atoms with Crippen molar-refractivity contribution in [2.45, 2.75) is 0 Å². The third-order valence-electron chi connectivity index (χ3n) is 7.99. The van der Waals surface area contributed by atoms with Crippen LogP contribution in [0.3, 0.4) is 0 Å². The van der Waals surface area contributed by atoms with E-state index >= 15 is 0 Å². The fourth-order valence-corrected chi connectivity index (χ4v) is 6.10. The standard InChI is InChI=1S/C38H21N3O/c1-39-27-17-18-36-34(23-27)31-11-3-5-15-35(31)41(36)29-21-26(20-28(22-29)40-2)24-9-7-10-25(19-24)30-13-8-14-33-32-12-4-6-16-37(32)42-38(30)33/h3-23H. The molecule has 4 heteroatoms. The lowest BCUT2D eigenvalue weighted by atomic mass is 9.97. The molecule has 194 valence electrons. The molecule has 0 amide bonds. The average molecular weight is 536 g/mol. The SMILES string of the molecule is [C-]#[N+]c1cc(-c2cccc(-c3cccc4c3oc3ccccc34)c2)cc(-n2c3ccccc3c3cc([N+]#[C-])ccc32)c1. The van der Waals surface area contributed by atoms with Crippen LogP contribution in [0.25, 0.3) is 81.4 Å². The van der Waals surface area contributed by atoms with Crippen LogP contribution < -0.4 is 0 Å². The zero-order valence-corrected chi connectivity index (χ0v) is 22.4. The Bertz CT molecular complexity index is 2450. The molecular formula is C38H21N3O. The van der Waals surface area contributed by atoms with E-state index in [9.17, 15) is 0 Å². The highest BCUT2D eigenvalue weighted by atomic mass is 16.3. The molecule has 0 unspecified atom stereocenters. The largest absolute Gasteiger partial charge is 0.455 e. The lowest BCUT2D eigenvalue weighted by Gasteiger charge is -2.13. The third kappa shape index (κ3) is 3.60. The molecule has 0 atom stereocenters. The Balaban J connectivity index is 1.32. The Morgan fingerprint density at radius 3 is 2.12 bits per heavy atom. The fourth-order valence-electron chi connectivity index (χ4n) is 6.10. The molecule has 8 rings (SSSR count). The number of aromatic nitrogens is 1. The smallest absolute Gasteiger partial charge is 0.189 e. The Hall–Kier alpha value is -6.10. The molecule has 0 aliphatic heterocycles. The second kappa shape index (κ2) is 9.24. The molecule has 42 heavy (non-hydrogen) atoms. The predicted octanol–water partition coefficient (Wildman–Crippen LogP) is 11.1. The van der Waals surface area contributed by atoms with Gasteiger partial charge in [0.1, 0.15) is 11.2 Å². The summed E-state index contributed by atoms with van der Waals surface area (Å²) in [6.07, 6.45) is 0. The maximum absolute atomic E-state index is 7.89. The molecule has 0 fully saturated rings. The van der Waals surface area contributed by atoms with E-state index in [1.54, 1.807) is 0 Å². The minimum atomic E-state index is 0.566. The summed E-state index contributed by atoms with van der Waals surface area (Å²) >= 11 is 0. The zero-order chi connectivity index (χ0) is 28.2. The topological polar surface area (TPSA) is 26.8 Å². The van der Waals surface area contributed by atoms with Crippen molar-refractivity contribution >= 4 is 55.1 Å². The normalized spacial score (nSPS) is 11.3. The summed E-state index contributed by atoms with van der Waals surface area (Å²) in [5, 5.41) is 4.30. The van der Waals surface area contributed by atoms with E-state index in [4.69, 9.17) is 17.6 Å². The fraction of sp³-hybridized carbons (Fsp3) is 0. The molecule has 0 aliphatic rings. The average Bonchev–Trinajstić information content (AvgIpc) is 3.60. The van der Waals surface area contributed by atoms with Gasteiger partial charge in [-0.1, -0.05) is 78.9 Å². The Morgan fingerprint density at radius 1 is 0.500 bits per heavy atom. The quantitative estimate of drug-likeness (QED) is 0.207. The molecule has 0 bridgehead atoms. The Kier molecular flexibility index (Phi) is 5.22. The van der Waals surface area contributed by atoms with Crippen molar-refractivity contribution in [3.05, 3.63) is 150 Å². The van der Waals surface area contributed by atoms with Gasteiger partial charge in [-0.15, -0.1) is 0 Å². The molecule has 2 aromatic heterocycles. The molecule has 0 radical (unpaired) electrons. The molecule has 6 aromatic carbocycles. The third-order valence-corrected chi connectivity index (χ3v) is 7.99. The zero-order valence-electron chi connectivity index (χ0n) is 22.4. The van der Waals surface area contributed by atoms with E-state index in [0.29, 0.717) is 11.4 Å². The van der Waals surface area contributed by atoms with Crippen LogP contribution in [0.4, 0.5) is 11.4 Å². The molecule has 0 saturated heterocycles. The monoisotopic (exact) mass is 535 g/mol. The predicted molar refractivity (Wildman–Crippen MR) is 171 cm³/mol. The summed E-state index contributed by atoms with van der Waals surface area (Å²) in [4.78, 5) is 7.49. The summed E-state index contributed by atoms with van der Waals surface area (Å²) in [5.74, 6) is 0. The van der Waals surface area contributed by atoms with E-state index in [1.807, 2.05) is 60.7 Å². The van der Waals surface area contributed by atoms with Crippen LogP contribution in [0.2, 0.25) is 0 Å². The summed E-state index contributed by atoms with van der Waals surface area (Å²) in [6, 6.07) is 42.9. The van der Waals surface area contributed by atoms with Gasteiger partial charge >= 0.3 is 0 Å². The summed E-state index contributed by atoms with van der Waals surface area (Å²) in [5.41, 5.74) is 9.92. The first-order valence-corrected chi connectivity index (χ1v) is 13.7. The van der Waals surface area contributed by atoms with Gasteiger partial charge in [-0.25, -0.2) is 9.69 Å². The van der Waals surface area contributed by atoms with E-state index in [2.05, 4.69) is 81.0 Å². The molecule has 0 saturated carbocycles. The van der Waals surface area contributed by atoms with Crippen LogP contribution in [-0.2, 0) is 0 Å². The number of nitrogens with zero attached hydrogens (tertiary/aromatic N) is 3. The van der Waals surface area contributed by atoms with Crippen molar-refractivity contribution in [3.8, 4) is 27.9 Å². The van der Waals surface area contributed by atoms with E-state index in [0.717, 1.165) is 71.7 Å². The van der Waals surface area contributed by atoms with Crippen molar-refractivity contribution in [3.63, 3.8) is 0 Å². The molecule has 0 spiro atoms. The molecule has 0 aliphatic carbocycles. The number of furan rings is 1. The number of benzene rings is 6. The van der Waals surface area contributed by atoms with Gasteiger partial charge in [-0.2, -0.15) is 0 Å². The van der Waals surface area contributed by atoms with Gasteiger partial charge in [0.05, 0.1) is 24.2 Å². The summed E-state index contributed by atoms with van der Waals surface area (Å²) < 4.78 is 8.51. The van der Waals surface area contributed by atoms with E-state index < -0.39 is 0 Å². The number of para-hydroxylation sites is 3. The Labute approximate surface area is 241 Å². The summed E-state index contributed by atoms with van der Waals surface area (Å²) in [7, 11) is 0. The van der Waals surface area contributed by atoms with E-state index in [-0.39, 0.29) is 0 Å². The van der Waals surface area contributed by atoms with Gasteiger partial charge in [0.25, 0.3) is 0 Å². The maximum Gasteiger partial charge on any atom is 0.189 e. The van der Waals surface area contributed by atoms with Gasteiger partial charge in [0.2, 0.25) is 0 Å². The molecule has 2 heterocycles. The first-order chi connectivity index (χ1) is 20.7. The number of rotatable bonds is 3. The molecule has 0 N–H and O–H groups in total. The highest BCUT2D eigenvalue weighted by Gasteiger charge is 2.16. The highest BCUT2D eigenvalue weighted by molar-refractivity contribution is 6.11. The van der Waals surface area contributed by atoms with Gasteiger partial charge < -0.3 is 8.98 Å². The number of fused-ring (bicyclic) bond motifs is 6. The first-order valence-electron chi connectivity index (χ1n) is 13.7. The molecular weight excluding hydrogens is 514 g/mol. The van der Waals surface area contributed by atoms with Gasteiger partial charge in [0, 0.05) is 27.4 Å². The lowest BCUT2D eigenvalue weighted by Crippen LogP contribution is -1.94. The van der Waals surface area contributed by atoms with Crippen LogP contribution in [0.1, 0.15) is 0 Å². The summed E-state index contributed by atoms with van der Waals surface area (Å²) in [6.45, 7) is 15.4. The number of hydrogen-bond donors (Lipinski definition) is 0. The van der Waals surface area contributed by atoms with Gasteiger partial charge in [-0.05, 0) is 70.6 Å². The molecule has 4 nitrogen and oxygen atoms in total. The molecule has 8 aromatic rings.